The molecule has 1 aliphatic rings. The van der Waals surface area contributed by atoms with Crippen LogP contribution in [-0.2, 0) is 5.75 Å². The molecule has 1 nitrogen and oxygen atoms in total. The van der Waals surface area contributed by atoms with Gasteiger partial charge in [-0.2, -0.15) is 11.8 Å². The summed E-state index contributed by atoms with van der Waals surface area (Å²) >= 11 is 2.06. The van der Waals surface area contributed by atoms with Crippen LogP contribution in [0.25, 0.3) is 0 Å². The highest BCUT2D eigenvalue weighted by molar-refractivity contribution is 7.99. The van der Waals surface area contributed by atoms with Crippen molar-refractivity contribution in [2.75, 3.05) is 0 Å². The SMILES string of the molecule is Oc1ccc(CSC2CCCC2)cc1. The Morgan fingerprint density at radius 3 is 2.43 bits per heavy atom. The largest absolute Gasteiger partial charge is 0.508 e. The van der Waals surface area contributed by atoms with Crippen LogP contribution in [0.1, 0.15) is 31.2 Å². The summed E-state index contributed by atoms with van der Waals surface area (Å²) in [6.07, 6.45) is 5.60. The summed E-state index contributed by atoms with van der Waals surface area (Å²) in [6.45, 7) is 0. The molecule has 0 amide bonds. The molecule has 0 radical (unpaired) electrons. The lowest BCUT2D eigenvalue weighted by atomic mass is 10.2. The lowest BCUT2D eigenvalue weighted by molar-refractivity contribution is 0.475. The number of aromatic hydroxyl groups is 1. The van der Waals surface area contributed by atoms with Crippen LogP contribution in [0.4, 0.5) is 0 Å². The van der Waals surface area contributed by atoms with Gasteiger partial charge < -0.3 is 5.11 Å². The minimum Gasteiger partial charge on any atom is -0.508 e. The number of phenols is 1. The van der Waals surface area contributed by atoms with E-state index in [4.69, 9.17) is 5.11 Å². The predicted octanol–water partition coefficient (Wildman–Crippen LogP) is 3.57. The Bertz CT molecular complexity index is 275. The molecule has 0 unspecified atom stereocenters. The van der Waals surface area contributed by atoms with Gasteiger partial charge in [0, 0.05) is 11.0 Å². The minimum atomic E-state index is 0.361. The van der Waals surface area contributed by atoms with Crippen LogP contribution >= 0.6 is 11.8 Å². The Hall–Kier alpha value is -0.630. The van der Waals surface area contributed by atoms with Gasteiger partial charge in [-0.05, 0) is 30.5 Å². The normalized spacial score (nSPS) is 17.4. The number of thioether (sulfide) groups is 1. The van der Waals surface area contributed by atoms with Gasteiger partial charge >= 0.3 is 0 Å². The third-order valence-electron chi connectivity index (χ3n) is 2.72. The van der Waals surface area contributed by atoms with Gasteiger partial charge in [0.2, 0.25) is 0 Å². The fourth-order valence-corrected chi connectivity index (χ4v) is 3.15. The zero-order valence-corrected chi connectivity index (χ0v) is 9.09. The Balaban J connectivity index is 1.82. The van der Waals surface area contributed by atoms with E-state index >= 15 is 0 Å². The van der Waals surface area contributed by atoms with Gasteiger partial charge in [0.25, 0.3) is 0 Å². The summed E-state index contributed by atoms with van der Waals surface area (Å²) in [5.74, 6) is 1.45. The molecule has 76 valence electrons. The van der Waals surface area contributed by atoms with E-state index in [0.29, 0.717) is 5.75 Å². The summed E-state index contributed by atoms with van der Waals surface area (Å²) in [5.41, 5.74) is 1.32. The van der Waals surface area contributed by atoms with E-state index < -0.39 is 0 Å². The van der Waals surface area contributed by atoms with Crippen molar-refractivity contribution in [3.63, 3.8) is 0 Å². The van der Waals surface area contributed by atoms with Crippen LogP contribution in [0, 0.1) is 0 Å². The monoisotopic (exact) mass is 208 g/mol. The molecule has 1 fully saturated rings. The number of rotatable bonds is 3. The zero-order valence-electron chi connectivity index (χ0n) is 8.28. The van der Waals surface area contributed by atoms with Crippen LogP contribution < -0.4 is 0 Å². The van der Waals surface area contributed by atoms with E-state index in [2.05, 4.69) is 11.8 Å². The molecule has 14 heavy (non-hydrogen) atoms. The number of hydrogen-bond donors (Lipinski definition) is 1. The summed E-state index contributed by atoms with van der Waals surface area (Å²) in [7, 11) is 0. The van der Waals surface area contributed by atoms with E-state index in [1.807, 2.05) is 12.1 Å². The van der Waals surface area contributed by atoms with Crippen molar-refractivity contribution in [3.05, 3.63) is 29.8 Å². The molecule has 0 saturated heterocycles. The molecule has 1 aliphatic carbocycles. The Morgan fingerprint density at radius 1 is 1.14 bits per heavy atom. The van der Waals surface area contributed by atoms with Gasteiger partial charge in [0.1, 0.15) is 5.75 Å². The summed E-state index contributed by atoms with van der Waals surface area (Å²) in [5, 5.41) is 10.0. The van der Waals surface area contributed by atoms with Gasteiger partial charge in [-0.15, -0.1) is 0 Å². The van der Waals surface area contributed by atoms with E-state index in [0.717, 1.165) is 11.0 Å². The zero-order chi connectivity index (χ0) is 9.80. The fourth-order valence-electron chi connectivity index (χ4n) is 1.86. The molecule has 0 bridgehead atoms. The van der Waals surface area contributed by atoms with Crippen LogP contribution in [0.15, 0.2) is 24.3 Å². The maximum Gasteiger partial charge on any atom is 0.115 e. The maximum absolute atomic E-state index is 9.13. The van der Waals surface area contributed by atoms with Crippen molar-refractivity contribution in [2.24, 2.45) is 0 Å². The van der Waals surface area contributed by atoms with Crippen molar-refractivity contribution in [1.29, 1.82) is 0 Å². The average molecular weight is 208 g/mol. The minimum absolute atomic E-state index is 0.361. The first-order chi connectivity index (χ1) is 6.84. The molecule has 0 atom stereocenters. The Morgan fingerprint density at radius 2 is 1.79 bits per heavy atom. The molecule has 2 rings (SSSR count). The second-order valence-corrected chi connectivity index (χ2v) is 5.17. The van der Waals surface area contributed by atoms with Gasteiger partial charge in [-0.3, -0.25) is 0 Å². The van der Waals surface area contributed by atoms with Crippen LogP contribution in [0.5, 0.6) is 5.75 Å². The molecular weight excluding hydrogens is 192 g/mol. The standard InChI is InChI=1S/C12H16OS/c13-11-7-5-10(6-8-11)9-14-12-3-1-2-4-12/h5-8,12-13H,1-4,9H2. The van der Waals surface area contributed by atoms with Gasteiger partial charge in [-0.1, -0.05) is 25.0 Å². The molecule has 0 aliphatic heterocycles. The lowest BCUT2D eigenvalue weighted by Crippen LogP contribution is -1.94. The number of phenolic OH excluding ortho intramolecular Hbond substituents is 1. The second-order valence-electron chi connectivity index (χ2n) is 3.88. The molecule has 0 aromatic heterocycles. The van der Waals surface area contributed by atoms with Crippen molar-refractivity contribution in [3.8, 4) is 5.75 Å². The Kier molecular flexibility index (Phi) is 3.35. The summed E-state index contributed by atoms with van der Waals surface area (Å²) in [6, 6.07) is 7.56. The van der Waals surface area contributed by atoms with Crippen molar-refractivity contribution in [2.45, 2.75) is 36.7 Å². The number of hydrogen-bond acceptors (Lipinski definition) is 2. The predicted molar refractivity (Wildman–Crippen MR) is 61.7 cm³/mol. The Labute approximate surface area is 89.5 Å². The van der Waals surface area contributed by atoms with Gasteiger partial charge in [0.15, 0.2) is 0 Å². The highest BCUT2D eigenvalue weighted by Gasteiger charge is 2.14. The second kappa shape index (κ2) is 4.74. The van der Waals surface area contributed by atoms with Crippen LogP contribution in [-0.4, -0.2) is 10.4 Å². The smallest absolute Gasteiger partial charge is 0.115 e. The first kappa shape index (κ1) is 9.91. The quantitative estimate of drug-likeness (QED) is 0.819. The molecule has 2 heteroatoms. The lowest BCUT2D eigenvalue weighted by Gasteiger charge is -2.08. The molecule has 1 saturated carbocycles. The molecule has 1 aromatic carbocycles. The summed E-state index contributed by atoms with van der Waals surface area (Å²) in [4.78, 5) is 0. The number of benzene rings is 1. The maximum atomic E-state index is 9.13. The molecule has 1 N–H and O–H groups in total. The van der Waals surface area contributed by atoms with Crippen molar-refractivity contribution in [1.82, 2.24) is 0 Å². The molecule has 1 aromatic rings. The van der Waals surface area contributed by atoms with E-state index in [-0.39, 0.29) is 0 Å². The summed E-state index contributed by atoms with van der Waals surface area (Å²) < 4.78 is 0. The molecule has 0 heterocycles. The van der Waals surface area contributed by atoms with E-state index in [9.17, 15) is 0 Å². The highest BCUT2D eigenvalue weighted by Crippen LogP contribution is 2.31. The van der Waals surface area contributed by atoms with Crippen LogP contribution in [0.3, 0.4) is 0 Å². The van der Waals surface area contributed by atoms with Crippen molar-refractivity contribution < 1.29 is 5.11 Å². The van der Waals surface area contributed by atoms with Gasteiger partial charge in [0.05, 0.1) is 0 Å². The topological polar surface area (TPSA) is 20.2 Å². The van der Waals surface area contributed by atoms with E-state index in [1.165, 1.54) is 31.2 Å². The van der Waals surface area contributed by atoms with Gasteiger partial charge in [-0.25, -0.2) is 0 Å². The third kappa shape index (κ3) is 2.68. The van der Waals surface area contributed by atoms with Crippen LogP contribution in [0.2, 0.25) is 0 Å². The fraction of sp³-hybridized carbons (Fsp3) is 0.500. The van der Waals surface area contributed by atoms with E-state index in [1.54, 1.807) is 12.1 Å². The van der Waals surface area contributed by atoms with Crippen molar-refractivity contribution >= 4 is 11.8 Å². The highest BCUT2D eigenvalue weighted by atomic mass is 32.2. The molecular formula is C12H16OS. The molecule has 0 spiro atoms. The first-order valence-corrected chi connectivity index (χ1v) is 6.29. The third-order valence-corrected chi connectivity index (χ3v) is 4.17. The first-order valence-electron chi connectivity index (χ1n) is 5.24. The average Bonchev–Trinajstić information content (AvgIpc) is 2.70.